The van der Waals surface area contributed by atoms with E-state index < -0.39 is 11.7 Å². The van der Waals surface area contributed by atoms with Gasteiger partial charge in [0.25, 0.3) is 0 Å². The Kier molecular flexibility index (Phi) is 4.60. The molecule has 1 fully saturated rings. The van der Waals surface area contributed by atoms with E-state index in [4.69, 9.17) is 0 Å². The van der Waals surface area contributed by atoms with Crippen LogP contribution in [0, 0.1) is 11.8 Å². The smallest absolute Gasteiger partial charge is 0.0877 e. The second-order valence-corrected chi connectivity index (χ2v) is 5.34. The summed E-state index contributed by atoms with van der Waals surface area (Å²) in [5.41, 5.74) is -0.899. The Hall–Kier alpha value is -0.0800. The van der Waals surface area contributed by atoms with Gasteiger partial charge in [0, 0.05) is 0 Å². The molecule has 0 radical (unpaired) electrons. The van der Waals surface area contributed by atoms with Gasteiger partial charge in [-0.15, -0.1) is 0 Å². The van der Waals surface area contributed by atoms with E-state index in [-0.39, 0.29) is 0 Å². The first-order valence-corrected chi connectivity index (χ1v) is 6.41. The van der Waals surface area contributed by atoms with Gasteiger partial charge in [0.05, 0.1) is 11.7 Å². The topological polar surface area (TPSA) is 40.5 Å². The maximum Gasteiger partial charge on any atom is 0.0877 e. The fourth-order valence-electron chi connectivity index (χ4n) is 2.63. The van der Waals surface area contributed by atoms with Gasteiger partial charge < -0.3 is 10.2 Å². The lowest BCUT2D eigenvalue weighted by atomic mass is 9.74. The zero-order valence-corrected chi connectivity index (χ0v) is 10.4. The summed E-state index contributed by atoms with van der Waals surface area (Å²) in [5.74, 6) is 1.16. The molecule has 0 bridgehead atoms. The van der Waals surface area contributed by atoms with Gasteiger partial charge in [-0.2, -0.15) is 0 Å². The third-order valence-electron chi connectivity index (χ3n) is 4.27. The Morgan fingerprint density at radius 2 is 1.73 bits per heavy atom. The fraction of sp³-hybridized carbons (Fsp3) is 1.00. The number of aliphatic hydroxyl groups is 2. The SMILES string of the molecule is CCC1CCC(C(O)C(C)(O)CC)CC1. The third-order valence-corrected chi connectivity index (χ3v) is 4.27. The van der Waals surface area contributed by atoms with Gasteiger partial charge in [0.15, 0.2) is 0 Å². The molecule has 0 heterocycles. The minimum absolute atomic E-state index is 0.308. The maximum absolute atomic E-state index is 10.1. The number of hydrogen-bond donors (Lipinski definition) is 2. The molecule has 15 heavy (non-hydrogen) atoms. The Morgan fingerprint density at radius 1 is 1.20 bits per heavy atom. The van der Waals surface area contributed by atoms with Crippen LogP contribution >= 0.6 is 0 Å². The molecule has 0 amide bonds. The first kappa shape index (κ1) is 13.0. The number of aliphatic hydroxyl groups excluding tert-OH is 1. The molecule has 2 unspecified atom stereocenters. The van der Waals surface area contributed by atoms with Gasteiger partial charge in [-0.1, -0.05) is 33.1 Å². The van der Waals surface area contributed by atoms with Crippen molar-refractivity contribution in [3.63, 3.8) is 0 Å². The molecule has 2 N–H and O–H groups in total. The molecule has 2 nitrogen and oxygen atoms in total. The van der Waals surface area contributed by atoms with Crippen LogP contribution in [0.1, 0.15) is 59.3 Å². The Morgan fingerprint density at radius 3 is 2.13 bits per heavy atom. The van der Waals surface area contributed by atoms with E-state index >= 15 is 0 Å². The van der Waals surface area contributed by atoms with Crippen LogP contribution in [0.4, 0.5) is 0 Å². The first-order valence-electron chi connectivity index (χ1n) is 6.41. The summed E-state index contributed by atoms with van der Waals surface area (Å²) < 4.78 is 0. The summed E-state index contributed by atoms with van der Waals surface area (Å²) in [7, 11) is 0. The van der Waals surface area contributed by atoms with Crippen molar-refractivity contribution >= 4 is 0 Å². The predicted molar refractivity (Wildman–Crippen MR) is 62.7 cm³/mol. The lowest BCUT2D eigenvalue weighted by Gasteiger charge is -2.37. The zero-order valence-electron chi connectivity index (χ0n) is 10.4. The van der Waals surface area contributed by atoms with Crippen molar-refractivity contribution in [2.75, 3.05) is 0 Å². The van der Waals surface area contributed by atoms with Gasteiger partial charge >= 0.3 is 0 Å². The molecule has 1 rings (SSSR count). The molecule has 0 aromatic carbocycles. The van der Waals surface area contributed by atoms with Crippen molar-refractivity contribution in [3.8, 4) is 0 Å². The predicted octanol–water partition coefficient (Wildman–Crippen LogP) is 2.72. The highest BCUT2D eigenvalue weighted by atomic mass is 16.3. The Bertz CT molecular complexity index is 181. The van der Waals surface area contributed by atoms with Crippen LogP contribution in [-0.2, 0) is 0 Å². The summed E-state index contributed by atoms with van der Waals surface area (Å²) in [5, 5.41) is 20.1. The standard InChI is InChI=1S/C13H26O2/c1-4-10-6-8-11(9-7-10)12(14)13(3,15)5-2/h10-12,14-15H,4-9H2,1-3H3. The molecule has 0 saturated heterocycles. The average Bonchev–Trinajstić information content (AvgIpc) is 2.28. The van der Waals surface area contributed by atoms with E-state index in [1.807, 2.05) is 6.92 Å². The van der Waals surface area contributed by atoms with E-state index in [0.29, 0.717) is 12.3 Å². The minimum atomic E-state index is -0.899. The molecule has 90 valence electrons. The van der Waals surface area contributed by atoms with Crippen LogP contribution in [-0.4, -0.2) is 21.9 Å². The van der Waals surface area contributed by atoms with Crippen molar-refractivity contribution < 1.29 is 10.2 Å². The summed E-state index contributed by atoms with van der Waals surface area (Å²) in [6.45, 7) is 5.92. The normalized spacial score (nSPS) is 33.4. The monoisotopic (exact) mass is 214 g/mol. The molecule has 2 atom stereocenters. The van der Waals surface area contributed by atoms with E-state index in [1.165, 1.54) is 19.3 Å². The quantitative estimate of drug-likeness (QED) is 0.755. The van der Waals surface area contributed by atoms with Gasteiger partial charge in [0.2, 0.25) is 0 Å². The zero-order chi connectivity index (χ0) is 11.5. The highest BCUT2D eigenvalue weighted by Crippen LogP contribution is 2.35. The van der Waals surface area contributed by atoms with Gasteiger partial charge in [-0.25, -0.2) is 0 Å². The molecule has 1 aliphatic carbocycles. The molecule has 1 aliphatic rings. The van der Waals surface area contributed by atoms with Crippen LogP contribution in [0.5, 0.6) is 0 Å². The van der Waals surface area contributed by atoms with Crippen molar-refractivity contribution in [1.82, 2.24) is 0 Å². The van der Waals surface area contributed by atoms with E-state index in [0.717, 1.165) is 18.8 Å². The summed E-state index contributed by atoms with van der Waals surface area (Å²) in [6.07, 6.45) is 5.94. The van der Waals surface area contributed by atoms with Crippen molar-refractivity contribution in [3.05, 3.63) is 0 Å². The third kappa shape index (κ3) is 3.18. The molecular formula is C13H26O2. The molecular weight excluding hydrogens is 188 g/mol. The van der Waals surface area contributed by atoms with Crippen LogP contribution in [0.15, 0.2) is 0 Å². The summed E-state index contributed by atoms with van der Waals surface area (Å²) in [4.78, 5) is 0. The average molecular weight is 214 g/mol. The molecule has 0 aromatic rings. The molecule has 1 saturated carbocycles. The van der Waals surface area contributed by atoms with Gasteiger partial charge in [-0.3, -0.25) is 0 Å². The van der Waals surface area contributed by atoms with Crippen LogP contribution in [0.25, 0.3) is 0 Å². The van der Waals surface area contributed by atoms with E-state index in [1.54, 1.807) is 6.92 Å². The first-order chi connectivity index (χ1) is 7.01. The minimum Gasteiger partial charge on any atom is -0.390 e. The highest BCUT2D eigenvalue weighted by Gasteiger charge is 2.36. The lowest BCUT2D eigenvalue weighted by Crippen LogP contribution is -2.44. The summed E-state index contributed by atoms with van der Waals surface area (Å²) in [6, 6.07) is 0. The second kappa shape index (κ2) is 5.31. The number of rotatable bonds is 4. The maximum atomic E-state index is 10.1. The van der Waals surface area contributed by atoms with E-state index in [2.05, 4.69) is 6.92 Å². The second-order valence-electron chi connectivity index (χ2n) is 5.34. The fourth-order valence-corrected chi connectivity index (χ4v) is 2.63. The van der Waals surface area contributed by atoms with Gasteiger partial charge in [-0.05, 0) is 38.0 Å². The van der Waals surface area contributed by atoms with Crippen LogP contribution < -0.4 is 0 Å². The van der Waals surface area contributed by atoms with Crippen molar-refractivity contribution in [2.24, 2.45) is 11.8 Å². The molecule has 0 aromatic heterocycles. The van der Waals surface area contributed by atoms with Crippen LogP contribution in [0.2, 0.25) is 0 Å². The molecule has 0 spiro atoms. The van der Waals surface area contributed by atoms with E-state index in [9.17, 15) is 10.2 Å². The lowest BCUT2D eigenvalue weighted by molar-refractivity contribution is -0.0989. The van der Waals surface area contributed by atoms with Gasteiger partial charge in [0.1, 0.15) is 0 Å². The Balaban J connectivity index is 2.46. The highest BCUT2D eigenvalue weighted by molar-refractivity contribution is 4.88. The number of hydrogen-bond acceptors (Lipinski definition) is 2. The molecule has 2 heteroatoms. The van der Waals surface area contributed by atoms with Crippen LogP contribution in [0.3, 0.4) is 0 Å². The molecule has 0 aliphatic heterocycles. The Labute approximate surface area is 93.7 Å². The van der Waals surface area contributed by atoms with Crippen molar-refractivity contribution in [1.29, 1.82) is 0 Å². The summed E-state index contributed by atoms with van der Waals surface area (Å²) >= 11 is 0. The van der Waals surface area contributed by atoms with Crippen molar-refractivity contribution in [2.45, 2.75) is 71.0 Å². The largest absolute Gasteiger partial charge is 0.390 e.